The van der Waals surface area contributed by atoms with E-state index in [4.69, 9.17) is 11.6 Å². The normalized spacial score (nSPS) is 11.8. The lowest BCUT2D eigenvalue weighted by atomic mass is 10.1. The highest BCUT2D eigenvalue weighted by Crippen LogP contribution is 2.22. The fourth-order valence-electron chi connectivity index (χ4n) is 2.86. The van der Waals surface area contributed by atoms with Gasteiger partial charge < -0.3 is 10.2 Å². The molecule has 0 unspecified atom stereocenters. The summed E-state index contributed by atoms with van der Waals surface area (Å²) in [5.74, 6) is -1.13. The van der Waals surface area contributed by atoms with Gasteiger partial charge in [-0.1, -0.05) is 59.1 Å². The molecule has 0 aliphatic heterocycles. The van der Waals surface area contributed by atoms with Crippen molar-refractivity contribution in [3.8, 4) is 0 Å². The molecule has 2 rings (SSSR count). The number of halogens is 3. The van der Waals surface area contributed by atoms with Gasteiger partial charge in [-0.25, -0.2) is 4.39 Å². The van der Waals surface area contributed by atoms with Gasteiger partial charge >= 0.3 is 0 Å². The van der Waals surface area contributed by atoms with Crippen LogP contribution in [-0.2, 0) is 22.6 Å². The van der Waals surface area contributed by atoms with E-state index in [-0.39, 0.29) is 35.4 Å². The quantitative estimate of drug-likeness (QED) is 0.503. The third-order valence-electron chi connectivity index (χ3n) is 4.65. The molecule has 0 aliphatic carbocycles. The largest absolute Gasteiger partial charge is 0.354 e. The molecule has 0 saturated heterocycles. The first-order valence-electron chi connectivity index (χ1n) is 9.58. The molecule has 0 fully saturated rings. The van der Waals surface area contributed by atoms with Crippen molar-refractivity contribution in [1.29, 1.82) is 0 Å². The van der Waals surface area contributed by atoms with Gasteiger partial charge in [0.25, 0.3) is 0 Å². The van der Waals surface area contributed by atoms with Crippen molar-refractivity contribution in [3.63, 3.8) is 0 Å². The molecule has 0 bridgehead atoms. The van der Waals surface area contributed by atoms with Crippen LogP contribution in [0.25, 0.3) is 0 Å². The van der Waals surface area contributed by atoms with Crippen LogP contribution in [0.1, 0.15) is 37.8 Å². The number of nitrogens with zero attached hydrogens (tertiary/aromatic N) is 1. The molecular formula is C22H25BrClFN2O2. The Balaban J connectivity index is 2.23. The topological polar surface area (TPSA) is 49.4 Å². The Morgan fingerprint density at radius 1 is 1.21 bits per heavy atom. The SMILES string of the molecule is CCCCNC(=O)[C@@H](C)N(Cc1ccc(Br)cc1)C(=O)Cc1c(F)cccc1Cl. The predicted molar refractivity (Wildman–Crippen MR) is 117 cm³/mol. The average Bonchev–Trinajstić information content (AvgIpc) is 2.70. The van der Waals surface area contributed by atoms with E-state index in [2.05, 4.69) is 21.2 Å². The van der Waals surface area contributed by atoms with Crippen molar-refractivity contribution in [2.45, 2.75) is 45.7 Å². The fourth-order valence-corrected chi connectivity index (χ4v) is 3.35. The van der Waals surface area contributed by atoms with Crippen LogP contribution in [-0.4, -0.2) is 29.3 Å². The molecule has 2 aromatic rings. The second-order valence-electron chi connectivity index (χ2n) is 6.85. The van der Waals surface area contributed by atoms with Gasteiger partial charge in [0.2, 0.25) is 11.8 Å². The minimum Gasteiger partial charge on any atom is -0.354 e. The number of unbranched alkanes of at least 4 members (excludes halogenated alkanes) is 1. The van der Waals surface area contributed by atoms with E-state index in [0.717, 1.165) is 22.9 Å². The summed E-state index contributed by atoms with van der Waals surface area (Å²) in [6.07, 6.45) is 1.61. The van der Waals surface area contributed by atoms with E-state index < -0.39 is 11.9 Å². The van der Waals surface area contributed by atoms with E-state index in [1.54, 1.807) is 13.0 Å². The van der Waals surface area contributed by atoms with Crippen LogP contribution < -0.4 is 5.32 Å². The molecular weight excluding hydrogens is 459 g/mol. The number of amides is 2. The van der Waals surface area contributed by atoms with E-state index in [1.807, 2.05) is 31.2 Å². The van der Waals surface area contributed by atoms with Crippen molar-refractivity contribution in [2.24, 2.45) is 0 Å². The first-order chi connectivity index (χ1) is 13.8. The lowest BCUT2D eigenvalue weighted by Crippen LogP contribution is -2.48. The van der Waals surface area contributed by atoms with E-state index in [9.17, 15) is 14.0 Å². The van der Waals surface area contributed by atoms with Crippen molar-refractivity contribution >= 4 is 39.3 Å². The Labute approximate surface area is 184 Å². The summed E-state index contributed by atoms with van der Waals surface area (Å²) in [6, 6.07) is 11.1. The lowest BCUT2D eigenvalue weighted by Gasteiger charge is -2.29. The Hall–Kier alpha value is -1.92. The molecule has 4 nitrogen and oxygen atoms in total. The zero-order chi connectivity index (χ0) is 21.4. The first kappa shape index (κ1) is 23.4. The number of carbonyl (C=O) groups excluding carboxylic acids is 2. The summed E-state index contributed by atoms with van der Waals surface area (Å²) in [5, 5.41) is 3.06. The van der Waals surface area contributed by atoms with Crippen molar-refractivity contribution in [3.05, 3.63) is 68.9 Å². The van der Waals surface area contributed by atoms with Crippen molar-refractivity contribution in [1.82, 2.24) is 10.2 Å². The monoisotopic (exact) mass is 482 g/mol. The molecule has 0 aromatic heterocycles. The highest BCUT2D eigenvalue weighted by Gasteiger charge is 2.27. The van der Waals surface area contributed by atoms with Crippen LogP contribution in [0.15, 0.2) is 46.9 Å². The summed E-state index contributed by atoms with van der Waals surface area (Å²) in [7, 11) is 0. The zero-order valence-electron chi connectivity index (χ0n) is 16.6. The number of hydrogen-bond acceptors (Lipinski definition) is 2. The summed E-state index contributed by atoms with van der Waals surface area (Å²) >= 11 is 9.47. The summed E-state index contributed by atoms with van der Waals surface area (Å²) < 4.78 is 15.1. The Kier molecular flexibility index (Phi) is 9.11. The third-order valence-corrected chi connectivity index (χ3v) is 5.54. The average molecular weight is 484 g/mol. The molecule has 29 heavy (non-hydrogen) atoms. The lowest BCUT2D eigenvalue weighted by molar-refractivity contribution is -0.140. The van der Waals surface area contributed by atoms with E-state index >= 15 is 0 Å². The Morgan fingerprint density at radius 3 is 2.52 bits per heavy atom. The third kappa shape index (κ3) is 6.82. The molecule has 0 radical (unpaired) electrons. The molecule has 2 amide bonds. The van der Waals surface area contributed by atoms with Crippen molar-refractivity contribution in [2.75, 3.05) is 6.54 Å². The number of rotatable bonds is 9. The number of carbonyl (C=O) groups is 2. The standard InChI is InChI=1S/C22H25BrClFN2O2/c1-3-4-12-26-22(29)15(2)27(14-16-8-10-17(23)11-9-16)21(28)13-18-19(24)6-5-7-20(18)25/h5-11,15H,3-4,12-14H2,1-2H3,(H,26,29)/t15-/m1/s1. The van der Waals surface area contributed by atoms with Crippen LogP contribution in [0.5, 0.6) is 0 Å². The predicted octanol–water partition coefficient (Wildman–Crippen LogP) is 5.12. The molecule has 2 aromatic carbocycles. The number of hydrogen-bond donors (Lipinski definition) is 1. The maximum atomic E-state index is 14.2. The van der Waals surface area contributed by atoms with Gasteiger partial charge in [0.1, 0.15) is 11.9 Å². The highest BCUT2D eigenvalue weighted by molar-refractivity contribution is 9.10. The maximum Gasteiger partial charge on any atom is 0.242 e. The van der Waals surface area contributed by atoms with Crippen LogP contribution in [0.3, 0.4) is 0 Å². The first-order valence-corrected chi connectivity index (χ1v) is 10.7. The molecule has 156 valence electrons. The summed E-state index contributed by atoms with van der Waals surface area (Å²) in [5.41, 5.74) is 1.01. The number of nitrogens with one attached hydrogen (secondary N) is 1. The Morgan fingerprint density at radius 2 is 1.90 bits per heavy atom. The van der Waals surface area contributed by atoms with E-state index in [1.165, 1.54) is 17.0 Å². The molecule has 0 aliphatic rings. The van der Waals surface area contributed by atoms with Crippen LogP contribution in [0.2, 0.25) is 5.02 Å². The molecule has 0 saturated carbocycles. The van der Waals surface area contributed by atoms with Gasteiger partial charge in [-0.2, -0.15) is 0 Å². The van der Waals surface area contributed by atoms with Gasteiger partial charge in [0.15, 0.2) is 0 Å². The molecule has 1 N–H and O–H groups in total. The van der Waals surface area contributed by atoms with Gasteiger partial charge in [-0.15, -0.1) is 0 Å². The molecule has 7 heteroatoms. The second-order valence-corrected chi connectivity index (χ2v) is 8.17. The minimum absolute atomic E-state index is 0.138. The summed E-state index contributed by atoms with van der Waals surface area (Å²) in [6.45, 7) is 4.51. The minimum atomic E-state index is -0.700. The van der Waals surface area contributed by atoms with Gasteiger partial charge in [0.05, 0.1) is 6.42 Å². The van der Waals surface area contributed by atoms with Crippen LogP contribution >= 0.6 is 27.5 Å². The smallest absolute Gasteiger partial charge is 0.242 e. The molecule has 0 spiro atoms. The van der Waals surface area contributed by atoms with Crippen molar-refractivity contribution < 1.29 is 14.0 Å². The number of benzene rings is 2. The molecule has 0 heterocycles. The van der Waals surface area contributed by atoms with E-state index in [0.29, 0.717) is 6.54 Å². The molecule has 1 atom stereocenters. The van der Waals surface area contributed by atoms with Gasteiger partial charge in [0, 0.05) is 28.1 Å². The summed E-state index contributed by atoms with van der Waals surface area (Å²) in [4.78, 5) is 27.1. The second kappa shape index (κ2) is 11.3. The highest BCUT2D eigenvalue weighted by atomic mass is 79.9. The Bertz CT molecular complexity index is 825. The zero-order valence-corrected chi connectivity index (χ0v) is 18.9. The van der Waals surface area contributed by atoms with Gasteiger partial charge in [-0.3, -0.25) is 9.59 Å². The fraction of sp³-hybridized carbons (Fsp3) is 0.364. The van der Waals surface area contributed by atoms with Gasteiger partial charge in [-0.05, 0) is 43.2 Å². The van der Waals surface area contributed by atoms with Crippen LogP contribution in [0.4, 0.5) is 4.39 Å². The maximum absolute atomic E-state index is 14.2. The van der Waals surface area contributed by atoms with Crippen LogP contribution in [0, 0.1) is 5.82 Å².